The highest BCUT2D eigenvalue weighted by Gasteiger charge is 2.24. The van der Waals surface area contributed by atoms with E-state index in [4.69, 9.17) is 4.74 Å². The maximum atomic E-state index is 12.7. The minimum atomic E-state index is -0.542. The SMILES string of the molecule is CCOC(=O)c1c(Nc2ccccc2)nn2c(-c3ccc([N+](=O)[O-])cc3)ccnc12. The van der Waals surface area contributed by atoms with Gasteiger partial charge >= 0.3 is 5.97 Å². The number of anilines is 2. The predicted octanol–water partition coefficient (Wildman–Crippen LogP) is 4.22. The molecule has 0 aliphatic heterocycles. The minimum Gasteiger partial charge on any atom is -0.462 e. The fraction of sp³-hybridized carbons (Fsp3) is 0.0952. The quantitative estimate of drug-likeness (QED) is 0.291. The van der Waals surface area contributed by atoms with Crippen molar-refractivity contribution in [3.8, 4) is 11.3 Å². The van der Waals surface area contributed by atoms with Gasteiger partial charge in [-0.05, 0) is 37.3 Å². The molecule has 30 heavy (non-hydrogen) atoms. The Morgan fingerprint density at radius 1 is 1.13 bits per heavy atom. The molecule has 0 spiro atoms. The summed E-state index contributed by atoms with van der Waals surface area (Å²) in [6.07, 6.45) is 1.56. The summed E-state index contributed by atoms with van der Waals surface area (Å²) in [4.78, 5) is 27.5. The van der Waals surface area contributed by atoms with E-state index in [1.165, 1.54) is 16.6 Å². The highest BCUT2D eigenvalue weighted by molar-refractivity contribution is 6.02. The number of non-ortho nitro benzene ring substituents is 1. The Kier molecular flexibility index (Phi) is 5.08. The zero-order valence-electron chi connectivity index (χ0n) is 16.0. The molecule has 0 bridgehead atoms. The van der Waals surface area contributed by atoms with Crippen LogP contribution < -0.4 is 5.32 Å². The number of nitrogens with zero attached hydrogens (tertiary/aromatic N) is 4. The molecule has 0 radical (unpaired) electrons. The molecule has 9 nitrogen and oxygen atoms in total. The first-order valence-electron chi connectivity index (χ1n) is 9.20. The van der Waals surface area contributed by atoms with Gasteiger partial charge in [-0.1, -0.05) is 18.2 Å². The number of nitrogens with one attached hydrogen (secondary N) is 1. The van der Waals surface area contributed by atoms with Crippen LogP contribution in [0.25, 0.3) is 16.9 Å². The largest absolute Gasteiger partial charge is 0.462 e. The lowest BCUT2D eigenvalue weighted by atomic mass is 10.1. The van der Waals surface area contributed by atoms with E-state index in [1.807, 2.05) is 30.3 Å². The Labute approximate surface area is 171 Å². The number of carbonyl (C=O) groups excluding carboxylic acids is 1. The molecule has 0 aliphatic carbocycles. The predicted molar refractivity (Wildman–Crippen MR) is 111 cm³/mol. The highest BCUT2D eigenvalue weighted by atomic mass is 16.6. The normalized spacial score (nSPS) is 10.7. The third-order valence-corrected chi connectivity index (χ3v) is 4.41. The molecular formula is C21H17N5O4. The van der Waals surface area contributed by atoms with E-state index in [2.05, 4.69) is 15.4 Å². The highest BCUT2D eigenvalue weighted by Crippen LogP contribution is 2.28. The van der Waals surface area contributed by atoms with Crippen LogP contribution in [0.5, 0.6) is 0 Å². The molecule has 0 atom stereocenters. The van der Waals surface area contributed by atoms with Gasteiger partial charge < -0.3 is 10.1 Å². The number of fused-ring (bicyclic) bond motifs is 1. The first-order valence-corrected chi connectivity index (χ1v) is 9.20. The molecule has 0 fully saturated rings. The molecule has 2 aromatic carbocycles. The van der Waals surface area contributed by atoms with E-state index in [-0.39, 0.29) is 17.9 Å². The Morgan fingerprint density at radius 3 is 2.53 bits per heavy atom. The zero-order chi connectivity index (χ0) is 21.1. The van der Waals surface area contributed by atoms with Gasteiger partial charge in [0, 0.05) is 29.6 Å². The van der Waals surface area contributed by atoms with Crippen LogP contribution in [0, 0.1) is 10.1 Å². The van der Waals surface area contributed by atoms with Gasteiger partial charge in [0.05, 0.1) is 17.2 Å². The summed E-state index contributed by atoms with van der Waals surface area (Å²) in [5, 5.41) is 18.6. The standard InChI is InChI=1S/C21H17N5O4/c1-2-30-21(27)18-19(23-15-6-4-3-5-7-15)24-25-17(12-13-22-20(18)25)14-8-10-16(11-9-14)26(28)29/h3-13H,2H2,1H3,(H,23,24). The number of nitro benzene ring substituents is 1. The summed E-state index contributed by atoms with van der Waals surface area (Å²) in [5.41, 5.74) is 2.59. The van der Waals surface area contributed by atoms with Crippen LogP contribution in [-0.2, 0) is 4.74 Å². The Hall–Kier alpha value is -4.27. The van der Waals surface area contributed by atoms with Gasteiger partial charge in [0.15, 0.2) is 11.5 Å². The summed E-state index contributed by atoms with van der Waals surface area (Å²) < 4.78 is 6.74. The van der Waals surface area contributed by atoms with E-state index >= 15 is 0 Å². The monoisotopic (exact) mass is 403 g/mol. The van der Waals surface area contributed by atoms with Crippen molar-refractivity contribution in [1.29, 1.82) is 0 Å². The molecule has 0 saturated heterocycles. The first kappa shape index (κ1) is 19.1. The fourth-order valence-corrected chi connectivity index (χ4v) is 3.05. The second-order valence-corrected chi connectivity index (χ2v) is 6.30. The molecule has 0 amide bonds. The van der Waals surface area contributed by atoms with Crippen LogP contribution in [0.4, 0.5) is 17.2 Å². The van der Waals surface area contributed by atoms with Gasteiger partial charge in [-0.25, -0.2) is 14.3 Å². The van der Waals surface area contributed by atoms with Gasteiger partial charge in [0.2, 0.25) is 0 Å². The molecule has 0 saturated carbocycles. The van der Waals surface area contributed by atoms with Crippen molar-refractivity contribution >= 4 is 28.8 Å². The number of carbonyl (C=O) groups is 1. The number of nitro groups is 1. The summed E-state index contributed by atoms with van der Waals surface area (Å²) in [5.74, 6) is -0.235. The molecule has 4 aromatic rings. The lowest BCUT2D eigenvalue weighted by molar-refractivity contribution is -0.384. The second-order valence-electron chi connectivity index (χ2n) is 6.30. The van der Waals surface area contributed by atoms with Crippen molar-refractivity contribution < 1.29 is 14.5 Å². The molecule has 2 heterocycles. The number of para-hydroxylation sites is 1. The Morgan fingerprint density at radius 2 is 1.87 bits per heavy atom. The topological polar surface area (TPSA) is 112 Å². The van der Waals surface area contributed by atoms with Crippen LogP contribution in [-0.4, -0.2) is 32.1 Å². The van der Waals surface area contributed by atoms with Crippen molar-refractivity contribution in [2.24, 2.45) is 0 Å². The summed E-state index contributed by atoms with van der Waals surface area (Å²) in [6.45, 7) is 1.94. The van der Waals surface area contributed by atoms with E-state index in [1.54, 1.807) is 31.3 Å². The van der Waals surface area contributed by atoms with Gasteiger partial charge in [0.1, 0.15) is 5.56 Å². The van der Waals surface area contributed by atoms with Gasteiger partial charge in [-0.15, -0.1) is 5.10 Å². The molecule has 0 unspecified atom stereocenters. The molecule has 2 aromatic heterocycles. The third kappa shape index (κ3) is 3.55. The van der Waals surface area contributed by atoms with E-state index in [9.17, 15) is 14.9 Å². The molecule has 1 N–H and O–H groups in total. The number of aromatic nitrogens is 3. The van der Waals surface area contributed by atoms with Crippen LogP contribution in [0.3, 0.4) is 0 Å². The van der Waals surface area contributed by atoms with Gasteiger partial charge in [-0.2, -0.15) is 0 Å². The number of hydrogen-bond acceptors (Lipinski definition) is 7. The Balaban J connectivity index is 1.87. The summed E-state index contributed by atoms with van der Waals surface area (Å²) >= 11 is 0. The van der Waals surface area contributed by atoms with Crippen molar-refractivity contribution in [3.63, 3.8) is 0 Å². The number of hydrogen-bond donors (Lipinski definition) is 1. The average molecular weight is 403 g/mol. The zero-order valence-corrected chi connectivity index (χ0v) is 16.0. The third-order valence-electron chi connectivity index (χ3n) is 4.41. The van der Waals surface area contributed by atoms with Gasteiger partial charge in [-0.3, -0.25) is 10.1 Å². The smallest absolute Gasteiger partial charge is 0.345 e. The van der Waals surface area contributed by atoms with Crippen LogP contribution >= 0.6 is 0 Å². The fourth-order valence-electron chi connectivity index (χ4n) is 3.05. The molecular weight excluding hydrogens is 386 g/mol. The van der Waals surface area contributed by atoms with E-state index < -0.39 is 10.9 Å². The van der Waals surface area contributed by atoms with Crippen LogP contribution in [0.15, 0.2) is 66.9 Å². The number of rotatable bonds is 6. The van der Waals surface area contributed by atoms with E-state index in [0.29, 0.717) is 22.7 Å². The number of ether oxygens (including phenoxy) is 1. The van der Waals surface area contributed by atoms with Crippen LogP contribution in [0.2, 0.25) is 0 Å². The summed E-state index contributed by atoms with van der Waals surface area (Å²) in [6, 6.07) is 17.1. The maximum Gasteiger partial charge on any atom is 0.345 e. The molecule has 9 heteroatoms. The van der Waals surface area contributed by atoms with Crippen molar-refractivity contribution in [2.45, 2.75) is 6.92 Å². The van der Waals surface area contributed by atoms with Gasteiger partial charge in [0.25, 0.3) is 5.69 Å². The molecule has 4 rings (SSSR count). The average Bonchev–Trinajstić information content (AvgIpc) is 3.12. The number of benzene rings is 2. The number of esters is 1. The second kappa shape index (κ2) is 8.00. The maximum absolute atomic E-state index is 12.7. The summed E-state index contributed by atoms with van der Waals surface area (Å²) in [7, 11) is 0. The lowest BCUT2D eigenvalue weighted by Gasteiger charge is -2.05. The minimum absolute atomic E-state index is 0.0110. The Bertz CT molecular complexity index is 1220. The van der Waals surface area contributed by atoms with E-state index in [0.717, 1.165) is 5.69 Å². The first-order chi connectivity index (χ1) is 14.6. The van der Waals surface area contributed by atoms with Crippen LogP contribution in [0.1, 0.15) is 17.3 Å². The van der Waals surface area contributed by atoms with Crippen molar-refractivity contribution in [1.82, 2.24) is 14.6 Å². The molecule has 150 valence electrons. The molecule has 0 aliphatic rings. The van der Waals surface area contributed by atoms with Crippen molar-refractivity contribution in [2.75, 3.05) is 11.9 Å². The van der Waals surface area contributed by atoms with Crippen molar-refractivity contribution in [3.05, 3.63) is 82.5 Å². The lowest BCUT2D eigenvalue weighted by Crippen LogP contribution is -2.07.